The van der Waals surface area contributed by atoms with Gasteiger partial charge < -0.3 is 4.98 Å². The molecule has 0 unspecified atom stereocenters. The van der Waals surface area contributed by atoms with Gasteiger partial charge in [-0.3, -0.25) is 25.2 Å². The Bertz CT molecular complexity index is 686. The summed E-state index contributed by atoms with van der Waals surface area (Å²) in [5, 5.41) is 0. The molecule has 134 valence electrons. The van der Waals surface area contributed by atoms with Crippen LogP contribution in [0.4, 0.5) is 0 Å². The Morgan fingerprint density at radius 3 is 2.20 bits per heavy atom. The summed E-state index contributed by atoms with van der Waals surface area (Å²) in [6.07, 6.45) is 9.54. The molecular formula is C19H25N3O3. The molecule has 4 bridgehead atoms. The number of rotatable bonds is 4. The molecule has 0 saturated heterocycles. The normalized spacial score (nSPS) is 32.4. The highest BCUT2D eigenvalue weighted by molar-refractivity contribution is 5.99. The molecule has 0 radical (unpaired) electrons. The van der Waals surface area contributed by atoms with Crippen LogP contribution >= 0.6 is 0 Å². The van der Waals surface area contributed by atoms with Gasteiger partial charge in [0.1, 0.15) is 5.69 Å². The van der Waals surface area contributed by atoms with E-state index in [1.54, 1.807) is 0 Å². The van der Waals surface area contributed by atoms with Crippen LogP contribution in [0.2, 0.25) is 0 Å². The largest absolute Gasteiger partial charge is 0.356 e. The predicted octanol–water partition coefficient (Wildman–Crippen LogP) is 2.58. The molecule has 3 N–H and O–H groups in total. The van der Waals surface area contributed by atoms with Crippen molar-refractivity contribution in [1.29, 1.82) is 0 Å². The SMILES string of the molecule is CC(=O)c1c[nH]c(C(=O)NNC(=O)CC23CC4CC(CC(C4)C2)C3)c1. The lowest BCUT2D eigenvalue weighted by Gasteiger charge is -2.56. The monoisotopic (exact) mass is 343 g/mol. The molecule has 1 aromatic rings. The third kappa shape index (κ3) is 3.22. The minimum atomic E-state index is -0.439. The van der Waals surface area contributed by atoms with E-state index in [1.165, 1.54) is 57.7 Å². The van der Waals surface area contributed by atoms with Crippen LogP contribution in [0.5, 0.6) is 0 Å². The van der Waals surface area contributed by atoms with Crippen LogP contribution in [-0.4, -0.2) is 22.6 Å². The molecule has 4 fully saturated rings. The van der Waals surface area contributed by atoms with Crippen molar-refractivity contribution in [1.82, 2.24) is 15.8 Å². The van der Waals surface area contributed by atoms with Crippen LogP contribution in [-0.2, 0) is 4.79 Å². The Hall–Kier alpha value is -2.11. The fraction of sp³-hybridized carbons (Fsp3) is 0.632. The van der Waals surface area contributed by atoms with Crippen LogP contribution in [0.1, 0.15) is 72.7 Å². The molecule has 1 aromatic heterocycles. The van der Waals surface area contributed by atoms with Gasteiger partial charge in [0.2, 0.25) is 5.91 Å². The van der Waals surface area contributed by atoms with E-state index in [0.29, 0.717) is 12.0 Å². The summed E-state index contributed by atoms with van der Waals surface area (Å²) >= 11 is 0. The minimum Gasteiger partial charge on any atom is -0.356 e. The van der Waals surface area contributed by atoms with E-state index in [2.05, 4.69) is 15.8 Å². The summed E-state index contributed by atoms with van der Waals surface area (Å²) in [6.45, 7) is 1.44. The third-order valence-corrected chi connectivity index (χ3v) is 6.35. The summed E-state index contributed by atoms with van der Waals surface area (Å²) in [6, 6.07) is 1.49. The topological polar surface area (TPSA) is 91.1 Å². The van der Waals surface area contributed by atoms with Gasteiger partial charge in [0.05, 0.1) is 0 Å². The molecule has 5 rings (SSSR count). The Kier molecular flexibility index (Phi) is 3.93. The van der Waals surface area contributed by atoms with E-state index in [4.69, 9.17) is 0 Å². The van der Waals surface area contributed by atoms with Gasteiger partial charge in [-0.25, -0.2) is 0 Å². The van der Waals surface area contributed by atoms with Crippen LogP contribution in [0.15, 0.2) is 12.3 Å². The van der Waals surface area contributed by atoms with Gasteiger partial charge in [0.25, 0.3) is 5.91 Å². The van der Waals surface area contributed by atoms with Crippen LogP contribution in [0.3, 0.4) is 0 Å². The number of aromatic amines is 1. The first-order chi connectivity index (χ1) is 11.9. The van der Waals surface area contributed by atoms with E-state index in [0.717, 1.165) is 17.8 Å². The van der Waals surface area contributed by atoms with Crippen molar-refractivity contribution in [3.8, 4) is 0 Å². The highest BCUT2D eigenvalue weighted by Gasteiger charge is 2.51. The lowest BCUT2D eigenvalue weighted by molar-refractivity contribution is -0.130. The van der Waals surface area contributed by atoms with Crippen molar-refractivity contribution >= 4 is 17.6 Å². The number of carbonyl (C=O) groups excluding carboxylic acids is 3. The van der Waals surface area contributed by atoms with Crippen LogP contribution < -0.4 is 10.9 Å². The number of amides is 2. The summed E-state index contributed by atoms with van der Waals surface area (Å²) in [4.78, 5) is 38.5. The fourth-order valence-corrected chi connectivity index (χ4v) is 5.81. The number of ketones is 1. The zero-order chi connectivity index (χ0) is 17.6. The second-order valence-corrected chi connectivity index (χ2v) is 8.45. The molecule has 1 heterocycles. The molecule has 2 amide bonds. The highest BCUT2D eigenvalue weighted by atomic mass is 16.2. The fourth-order valence-electron chi connectivity index (χ4n) is 5.81. The quantitative estimate of drug-likeness (QED) is 0.580. The van der Waals surface area contributed by atoms with Gasteiger partial charge in [0.15, 0.2) is 5.78 Å². The Morgan fingerprint density at radius 2 is 1.68 bits per heavy atom. The van der Waals surface area contributed by atoms with Gasteiger partial charge in [0, 0.05) is 18.2 Å². The maximum atomic E-state index is 12.4. The van der Waals surface area contributed by atoms with E-state index in [-0.39, 0.29) is 22.8 Å². The zero-order valence-electron chi connectivity index (χ0n) is 14.6. The summed E-state index contributed by atoms with van der Waals surface area (Å²) < 4.78 is 0. The number of Topliss-reactive ketones (excluding diaryl/α,β-unsaturated/α-hetero) is 1. The number of aromatic nitrogens is 1. The van der Waals surface area contributed by atoms with Crippen molar-refractivity contribution in [2.45, 2.75) is 51.9 Å². The van der Waals surface area contributed by atoms with Crippen LogP contribution in [0, 0.1) is 23.2 Å². The third-order valence-electron chi connectivity index (χ3n) is 6.35. The summed E-state index contributed by atoms with van der Waals surface area (Å²) in [7, 11) is 0. The predicted molar refractivity (Wildman–Crippen MR) is 91.6 cm³/mol. The number of hydrazine groups is 1. The number of hydrogen-bond donors (Lipinski definition) is 3. The van der Waals surface area contributed by atoms with Crippen molar-refractivity contribution < 1.29 is 14.4 Å². The Morgan fingerprint density at radius 1 is 1.08 bits per heavy atom. The van der Waals surface area contributed by atoms with Crippen molar-refractivity contribution in [2.24, 2.45) is 23.2 Å². The standard InChI is InChI=1S/C19H25N3O3/c1-11(23)15-5-16(20-10-15)18(25)22-21-17(24)9-19-6-12-2-13(7-19)4-14(3-12)8-19/h5,10,12-14,20H,2-4,6-9H2,1H3,(H,21,24)(H,22,25). The molecular weight excluding hydrogens is 318 g/mol. The van der Waals surface area contributed by atoms with Gasteiger partial charge >= 0.3 is 0 Å². The Labute approximate surface area is 147 Å². The Balaban J connectivity index is 1.32. The molecule has 0 spiro atoms. The molecule has 4 saturated carbocycles. The molecule has 4 aliphatic rings. The van der Waals surface area contributed by atoms with Crippen molar-refractivity contribution in [3.63, 3.8) is 0 Å². The summed E-state index contributed by atoms with van der Waals surface area (Å²) in [5.74, 6) is 1.74. The lowest BCUT2D eigenvalue weighted by atomic mass is 9.49. The first-order valence-electron chi connectivity index (χ1n) is 9.21. The number of nitrogens with one attached hydrogen (secondary N) is 3. The number of H-pyrrole nitrogens is 1. The minimum absolute atomic E-state index is 0.110. The number of carbonyl (C=O) groups is 3. The smallest absolute Gasteiger partial charge is 0.286 e. The first-order valence-corrected chi connectivity index (χ1v) is 9.21. The van der Waals surface area contributed by atoms with Gasteiger partial charge in [-0.15, -0.1) is 0 Å². The average molecular weight is 343 g/mol. The molecule has 6 heteroatoms. The van der Waals surface area contributed by atoms with Crippen molar-refractivity contribution in [3.05, 3.63) is 23.5 Å². The molecule has 25 heavy (non-hydrogen) atoms. The highest BCUT2D eigenvalue weighted by Crippen LogP contribution is 2.61. The maximum Gasteiger partial charge on any atom is 0.286 e. The van der Waals surface area contributed by atoms with E-state index < -0.39 is 5.91 Å². The van der Waals surface area contributed by atoms with Gasteiger partial charge in [-0.1, -0.05) is 0 Å². The first kappa shape index (κ1) is 16.4. The second-order valence-electron chi connectivity index (χ2n) is 8.45. The average Bonchev–Trinajstić information content (AvgIpc) is 3.01. The number of hydrogen-bond acceptors (Lipinski definition) is 3. The molecule has 4 aliphatic carbocycles. The molecule has 0 atom stereocenters. The maximum absolute atomic E-state index is 12.4. The summed E-state index contributed by atoms with van der Waals surface area (Å²) in [5.41, 5.74) is 5.87. The molecule has 6 nitrogen and oxygen atoms in total. The van der Waals surface area contributed by atoms with Crippen LogP contribution in [0.25, 0.3) is 0 Å². The molecule has 0 aliphatic heterocycles. The van der Waals surface area contributed by atoms with Gasteiger partial charge in [-0.05, 0) is 74.7 Å². The van der Waals surface area contributed by atoms with E-state index in [9.17, 15) is 14.4 Å². The zero-order valence-corrected chi connectivity index (χ0v) is 14.6. The van der Waals surface area contributed by atoms with E-state index in [1.807, 2.05) is 0 Å². The van der Waals surface area contributed by atoms with Crippen molar-refractivity contribution in [2.75, 3.05) is 0 Å². The lowest BCUT2D eigenvalue weighted by Crippen LogP contribution is -2.50. The molecule has 0 aromatic carbocycles. The second kappa shape index (κ2) is 6.00. The van der Waals surface area contributed by atoms with E-state index >= 15 is 0 Å². The van der Waals surface area contributed by atoms with Gasteiger partial charge in [-0.2, -0.15) is 0 Å².